The van der Waals surface area contributed by atoms with Crippen molar-refractivity contribution in [2.24, 2.45) is 10.7 Å². The van der Waals surface area contributed by atoms with Crippen molar-refractivity contribution in [3.8, 4) is 0 Å². The zero-order valence-electron chi connectivity index (χ0n) is 16.5. The second-order valence-corrected chi connectivity index (χ2v) is 9.80. The predicted molar refractivity (Wildman–Crippen MR) is 110 cm³/mol. The van der Waals surface area contributed by atoms with Crippen molar-refractivity contribution in [1.29, 1.82) is 0 Å². The number of halogens is 2. The van der Waals surface area contributed by atoms with Crippen LogP contribution in [0.1, 0.15) is 48.2 Å². The fraction of sp³-hybridized carbons (Fsp3) is 0.350. The monoisotopic (exact) mass is 433 g/mol. The Balaban J connectivity index is 1.68. The number of nitrogens with zero attached hydrogens (tertiary/aromatic N) is 4. The van der Waals surface area contributed by atoms with Crippen LogP contribution in [0, 0.1) is 5.82 Å². The molecule has 158 valence electrons. The second kappa shape index (κ2) is 7.12. The van der Waals surface area contributed by atoms with Crippen molar-refractivity contribution in [2.75, 3.05) is 12.8 Å². The highest BCUT2D eigenvalue weighted by Crippen LogP contribution is 2.38. The molecular formula is C20H21F2N5O2S. The Labute approximate surface area is 173 Å². The molecule has 2 aromatic rings. The van der Waals surface area contributed by atoms with E-state index in [1.54, 1.807) is 6.20 Å². The number of benzene rings is 1. The first-order valence-corrected chi connectivity index (χ1v) is 11.0. The van der Waals surface area contributed by atoms with Gasteiger partial charge < -0.3 is 5.73 Å². The Bertz CT molecular complexity index is 1160. The topological polar surface area (TPSA) is 102 Å². The van der Waals surface area contributed by atoms with Gasteiger partial charge in [0.05, 0.1) is 17.6 Å². The summed E-state index contributed by atoms with van der Waals surface area (Å²) in [6, 6.07) is 3.92. The lowest BCUT2D eigenvalue weighted by Gasteiger charge is -2.34. The van der Waals surface area contributed by atoms with E-state index >= 15 is 0 Å². The molecule has 30 heavy (non-hydrogen) atoms. The van der Waals surface area contributed by atoms with E-state index < -0.39 is 33.0 Å². The highest BCUT2D eigenvalue weighted by molar-refractivity contribution is 7.89. The predicted octanol–water partition coefficient (Wildman–Crippen LogP) is 2.77. The lowest BCUT2D eigenvalue weighted by molar-refractivity contribution is 0.458. The molecule has 1 aromatic heterocycles. The van der Waals surface area contributed by atoms with Crippen LogP contribution in [0.3, 0.4) is 0 Å². The van der Waals surface area contributed by atoms with E-state index in [2.05, 4.69) is 15.0 Å². The number of sulfonamides is 1. The summed E-state index contributed by atoms with van der Waals surface area (Å²) in [4.78, 5) is 12.6. The summed E-state index contributed by atoms with van der Waals surface area (Å²) in [6.07, 6.45) is 6.28. The normalized spacial score (nSPS) is 23.9. The van der Waals surface area contributed by atoms with E-state index in [9.17, 15) is 17.2 Å². The standard InChI is InChI=1S/C20H21F2N5O2S/c1-20(11-30(28,29)27(2)19(23)26-20)14-7-12(3-6-15(14)21)8-16(22)18-10-24-17(9-25-18)13-4-5-13/h3,6-10,13H,4-5,11H2,1-2H3,(H2,23,26)/b16-8-/t20-/m0/s1. The maximum absolute atomic E-state index is 14.7. The van der Waals surface area contributed by atoms with Gasteiger partial charge in [0.15, 0.2) is 5.83 Å². The Morgan fingerprint density at radius 2 is 2.03 bits per heavy atom. The van der Waals surface area contributed by atoms with Gasteiger partial charge >= 0.3 is 0 Å². The lowest BCUT2D eigenvalue weighted by Crippen LogP contribution is -2.50. The average molecular weight is 433 g/mol. The molecule has 1 saturated carbocycles. The molecule has 7 nitrogen and oxygen atoms in total. The van der Waals surface area contributed by atoms with Crippen molar-refractivity contribution in [1.82, 2.24) is 14.3 Å². The molecule has 0 amide bonds. The van der Waals surface area contributed by atoms with Gasteiger partial charge in [-0.25, -0.2) is 26.5 Å². The average Bonchev–Trinajstić information content (AvgIpc) is 3.52. The highest BCUT2D eigenvalue weighted by Gasteiger charge is 2.41. The molecule has 0 bridgehead atoms. The van der Waals surface area contributed by atoms with Gasteiger partial charge in [0.1, 0.15) is 17.1 Å². The van der Waals surface area contributed by atoms with Crippen molar-refractivity contribution in [2.45, 2.75) is 31.2 Å². The minimum absolute atomic E-state index is 0.0128. The number of guanidine groups is 1. The smallest absolute Gasteiger partial charge is 0.239 e. The molecule has 2 N–H and O–H groups in total. The molecule has 0 spiro atoms. The Hall–Kier alpha value is -2.88. The molecule has 2 heterocycles. The SMILES string of the molecule is CN1C(N)=N[C@](C)(c2cc(/C=C(\F)c3cnc(C4CC4)cn3)ccc2F)CS1(=O)=O. The summed E-state index contributed by atoms with van der Waals surface area (Å²) in [5, 5.41) is 0. The van der Waals surface area contributed by atoms with Crippen molar-refractivity contribution >= 4 is 27.9 Å². The van der Waals surface area contributed by atoms with Crippen LogP contribution in [-0.4, -0.2) is 41.5 Å². The summed E-state index contributed by atoms with van der Waals surface area (Å²) in [5.74, 6) is -1.57. The third-order valence-corrected chi connectivity index (χ3v) is 7.29. The molecule has 4 rings (SSSR count). The lowest BCUT2D eigenvalue weighted by atomic mass is 9.92. The van der Waals surface area contributed by atoms with Gasteiger partial charge in [-0.05, 0) is 43.5 Å². The van der Waals surface area contributed by atoms with E-state index in [-0.39, 0.29) is 17.2 Å². The Morgan fingerprint density at radius 3 is 2.63 bits per heavy atom. The van der Waals surface area contributed by atoms with Gasteiger partial charge in [0, 0.05) is 24.7 Å². The summed E-state index contributed by atoms with van der Waals surface area (Å²) >= 11 is 0. The van der Waals surface area contributed by atoms with Crippen LogP contribution in [0.4, 0.5) is 8.78 Å². The third-order valence-electron chi connectivity index (χ3n) is 5.34. The summed E-state index contributed by atoms with van der Waals surface area (Å²) < 4.78 is 54.9. The molecule has 2 aliphatic rings. The van der Waals surface area contributed by atoms with Crippen LogP contribution in [0.15, 0.2) is 35.6 Å². The maximum Gasteiger partial charge on any atom is 0.239 e. The van der Waals surface area contributed by atoms with Crippen molar-refractivity contribution in [3.05, 3.63) is 58.9 Å². The van der Waals surface area contributed by atoms with Crippen LogP contribution in [0.2, 0.25) is 0 Å². The second-order valence-electron chi connectivity index (χ2n) is 7.80. The minimum atomic E-state index is -3.77. The molecule has 1 atom stereocenters. The Kier molecular flexibility index (Phi) is 4.84. The van der Waals surface area contributed by atoms with Gasteiger partial charge in [0.25, 0.3) is 0 Å². The van der Waals surface area contributed by atoms with Crippen molar-refractivity contribution in [3.63, 3.8) is 0 Å². The molecule has 1 aromatic carbocycles. The molecule has 1 aliphatic carbocycles. The van der Waals surface area contributed by atoms with Gasteiger partial charge in [-0.15, -0.1) is 0 Å². The maximum atomic E-state index is 14.7. The molecular weight excluding hydrogens is 412 g/mol. The molecule has 0 saturated heterocycles. The first-order chi connectivity index (χ1) is 14.1. The summed E-state index contributed by atoms with van der Waals surface area (Å²) in [5.41, 5.74) is 5.57. The largest absolute Gasteiger partial charge is 0.369 e. The van der Waals surface area contributed by atoms with Gasteiger partial charge in [-0.3, -0.25) is 9.97 Å². The van der Waals surface area contributed by atoms with E-state index in [4.69, 9.17) is 5.73 Å². The quantitative estimate of drug-likeness (QED) is 0.799. The van der Waals surface area contributed by atoms with E-state index in [0.29, 0.717) is 11.5 Å². The highest BCUT2D eigenvalue weighted by atomic mass is 32.2. The van der Waals surface area contributed by atoms with Crippen LogP contribution >= 0.6 is 0 Å². The molecule has 1 aliphatic heterocycles. The third kappa shape index (κ3) is 3.79. The molecule has 10 heteroatoms. The van der Waals surface area contributed by atoms with Gasteiger partial charge in [-0.1, -0.05) is 6.07 Å². The first kappa shape index (κ1) is 20.4. The fourth-order valence-corrected chi connectivity index (χ4v) is 4.85. The van der Waals surface area contributed by atoms with Crippen molar-refractivity contribution < 1.29 is 17.2 Å². The van der Waals surface area contributed by atoms with E-state index in [1.165, 1.54) is 38.4 Å². The van der Waals surface area contributed by atoms with Crippen LogP contribution in [0.25, 0.3) is 11.9 Å². The number of nitrogens with two attached hydrogens (primary N) is 1. The van der Waals surface area contributed by atoms with Crippen LogP contribution < -0.4 is 5.73 Å². The summed E-state index contributed by atoms with van der Waals surface area (Å²) in [6.45, 7) is 1.48. The summed E-state index contributed by atoms with van der Waals surface area (Å²) in [7, 11) is -2.48. The van der Waals surface area contributed by atoms with E-state index in [0.717, 1.165) is 28.9 Å². The Morgan fingerprint density at radius 1 is 1.30 bits per heavy atom. The van der Waals surface area contributed by atoms with Crippen LogP contribution in [-0.2, 0) is 15.6 Å². The molecule has 1 fully saturated rings. The van der Waals surface area contributed by atoms with Gasteiger partial charge in [0.2, 0.25) is 16.0 Å². The molecule has 0 unspecified atom stereocenters. The molecule has 0 radical (unpaired) electrons. The zero-order valence-corrected chi connectivity index (χ0v) is 17.3. The number of rotatable bonds is 4. The number of hydrogen-bond donors (Lipinski definition) is 1. The minimum Gasteiger partial charge on any atom is -0.369 e. The number of hydrogen-bond acceptors (Lipinski definition) is 6. The van der Waals surface area contributed by atoms with Gasteiger partial charge in [-0.2, -0.15) is 0 Å². The van der Waals surface area contributed by atoms with Crippen LogP contribution in [0.5, 0.6) is 0 Å². The zero-order chi connectivity index (χ0) is 21.7. The van der Waals surface area contributed by atoms with E-state index in [1.807, 2.05) is 0 Å². The number of aromatic nitrogens is 2. The number of aliphatic imine (C=N–C) groups is 1. The first-order valence-electron chi connectivity index (χ1n) is 9.40. The fourth-order valence-electron chi connectivity index (χ4n) is 3.40.